The maximum Gasteiger partial charge on any atom is 0.253 e. The van der Waals surface area contributed by atoms with Crippen LogP contribution in [0, 0.1) is 0 Å². The summed E-state index contributed by atoms with van der Waals surface area (Å²) in [5, 5.41) is 10.1. The molecular formula is C18H22N2O3. The first kappa shape index (κ1) is 17.0. The zero-order valence-corrected chi connectivity index (χ0v) is 13.5. The third-order valence-corrected chi connectivity index (χ3v) is 3.85. The van der Waals surface area contributed by atoms with E-state index in [0.717, 1.165) is 5.56 Å². The number of carbonyl (C=O) groups is 1. The average Bonchev–Trinajstić information content (AvgIpc) is 2.59. The predicted octanol–water partition coefficient (Wildman–Crippen LogP) is 2.06. The molecule has 1 atom stereocenters. The van der Waals surface area contributed by atoms with E-state index in [1.165, 1.54) is 15.5 Å². The van der Waals surface area contributed by atoms with Crippen molar-refractivity contribution in [2.75, 3.05) is 13.6 Å². The molecule has 1 heterocycles. The first-order valence-electron chi connectivity index (χ1n) is 7.72. The van der Waals surface area contributed by atoms with E-state index in [0.29, 0.717) is 25.1 Å². The average molecular weight is 314 g/mol. The molecule has 23 heavy (non-hydrogen) atoms. The van der Waals surface area contributed by atoms with Gasteiger partial charge in [0.05, 0.1) is 6.10 Å². The van der Waals surface area contributed by atoms with Gasteiger partial charge >= 0.3 is 0 Å². The second kappa shape index (κ2) is 7.74. The van der Waals surface area contributed by atoms with Crippen LogP contribution in [-0.2, 0) is 6.54 Å². The van der Waals surface area contributed by atoms with E-state index >= 15 is 0 Å². The molecule has 0 fully saturated rings. The first-order valence-corrected chi connectivity index (χ1v) is 7.72. The summed E-state index contributed by atoms with van der Waals surface area (Å²) < 4.78 is 1.54. The molecule has 0 aliphatic heterocycles. The molecule has 1 aromatic heterocycles. The van der Waals surface area contributed by atoms with E-state index < -0.39 is 6.10 Å². The molecule has 0 radical (unpaired) electrons. The van der Waals surface area contributed by atoms with E-state index in [9.17, 15) is 14.7 Å². The Labute approximate surface area is 135 Å². The Hall–Kier alpha value is -2.40. The summed E-state index contributed by atoms with van der Waals surface area (Å²) in [5.41, 5.74) is 1.02. The number of benzene rings is 1. The molecule has 2 rings (SSSR count). The smallest absolute Gasteiger partial charge is 0.253 e. The number of hydrogen-bond acceptors (Lipinski definition) is 3. The van der Waals surface area contributed by atoms with Crippen LogP contribution in [0.2, 0.25) is 0 Å². The quantitative estimate of drug-likeness (QED) is 0.888. The van der Waals surface area contributed by atoms with Gasteiger partial charge in [0.1, 0.15) is 0 Å². The van der Waals surface area contributed by atoms with Crippen LogP contribution in [-0.4, -0.2) is 34.1 Å². The predicted molar refractivity (Wildman–Crippen MR) is 89.4 cm³/mol. The summed E-state index contributed by atoms with van der Waals surface area (Å²) in [5.74, 6) is -0.217. The van der Waals surface area contributed by atoms with Gasteiger partial charge in [0.2, 0.25) is 0 Å². The number of pyridine rings is 1. The minimum absolute atomic E-state index is 0.184. The Morgan fingerprint density at radius 2 is 1.96 bits per heavy atom. The fourth-order valence-electron chi connectivity index (χ4n) is 2.38. The van der Waals surface area contributed by atoms with Gasteiger partial charge in [-0.25, -0.2) is 0 Å². The van der Waals surface area contributed by atoms with Crippen molar-refractivity contribution >= 4 is 5.91 Å². The third-order valence-electron chi connectivity index (χ3n) is 3.85. The van der Waals surface area contributed by atoms with Crippen LogP contribution in [0.5, 0.6) is 0 Å². The molecule has 0 aliphatic carbocycles. The van der Waals surface area contributed by atoms with Gasteiger partial charge in [0.25, 0.3) is 11.5 Å². The number of aliphatic hydroxyl groups excluding tert-OH is 1. The molecule has 5 heteroatoms. The maximum absolute atomic E-state index is 12.3. The molecule has 122 valence electrons. The fraction of sp³-hybridized carbons (Fsp3) is 0.333. The maximum atomic E-state index is 12.3. The number of amides is 1. The summed E-state index contributed by atoms with van der Waals surface area (Å²) in [6.07, 6.45) is 1.46. The molecule has 0 saturated carbocycles. The lowest BCUT2D eigenvalue weighted by molar-refractivity contribution is 0.0761. The molecule has 1 amide bonds. The van der Waals surface area contributed by atoms with Gasteiger partial charge in [0.15, 0.2) is 0 Å². The lowest BCUT2D eigenvalue weighted by Crippen LogP contribution is -2.30. The van der Waals surface area contributed by atoms with Crippen molar-refractivity contribution in [3.8, 4) is 0 Å². The Kier molecular flexibility index (Phi) is 5.71. The van der Waals surface area contributed by atoms with Crippen LogP contribution in [0.4, 0.5) is 0 Å². The van der Waals surface area contributed by atoms with E-state index in [4.69, 9.17) is 0 Å². The number of aromatic nitrogens is 1. The zero-order valence-electron chi connectivity index (χ0n) is 13.5. The summed E-state index contributed by atoms with van der Waals surface area (Å²) in [7, 11) is 1.67. The number of nitrogens with zero attached hydrogens (tertiary/aromatic N) is 2. The van der Waals surface area contributed by atoms with Crippen LogP contribution in [0.15, 0.2) is 53.5 Å². The molecule has 0 bridgehead atoms. The molecule has 1 aromatic carbocycles. The number of aliphatic hydroxyl groups is 1. The van der Waals surface area contributed by atoms with Gasteiger partial charge in [0, 0.05) is 38.0 Å². The number of carbonyl (C=O) groups excluding carboxylic acids is 1. The van der Waals surface area contributed by atoms with Crippen molar-refractivity contribution in [2.24, 2.45) is 0 Å². The lowest BCUT2D eigenvalue weighted by atomic mass is 10.1. The van der Waals surface area contributed by atoms with Crippen LogP contribution in [0.25, 0.3) is 0 Å². The number of rotatable bonds is 6. The number of aryl methyl sites for hydroxylation is 1. The molecule has 5 nitrogen and oxygen atoms in total. The van der Waals surface area contributed by atoms with E-state index in [2.05, 4.69) is 0 Å². The van der Waals surface area contributed by atoms with E-state index in [-0.39, 0.29) is 11.5 Å². The van der Waals surface area contributed by atoms with Crippen molar-refractivity contribution < 1.29 is 9.90 Å². The standard InChI is InChI=1S/C18H22N2O3/c1-3-20-12-9-15(13-17(20)22)18(23)19(2)11-10-16(21)14-7-5-4-6-8-14/h4-9,12-13,16,21H,3,10-11H2,1-2H3. The van der Waals surface area contributed by atoms with Crippen molar-refractivity contribution in [1.82, 2.24) is 9.47 Å². The normalized spacial score (nSPS) is 12.0. The van der Waals surface area contributed by atoms with Crippen molar-refractivity contribution in [3.05, 3.63) is 70.1 Å². The molecule has 0 saturated heterocycles. The van der Waals surface area contributed by atoms with Crippen LogP contribution >= 0.6 is 0 Å². The highest BCUT2D eigenvalue weighted by molar-refractivity contribution is 5.93. The van der Waals surface area contributed by atoms with Crippen molar-refractivity contribution in [3.63, 3.8) is 0 Å². The Balaban J connectivity index is 1.97. The summed E-state index contributed by atoms with van der Waals surface area (Å²) in [4.78, 5) is 25.7. The van der Waals surface area contributed by atoms with Crippen molar-refractivity contribution in [2.45, 2.75) is 26.0 Å². The zero-order chi connectivity index (χ0) is 16.8. The molecule has 0 aliphatic rings. The Bertz CT molecular complexity index is 710. The van der Waals surface area contributed by atoms with E-state index in [1.807, 2.05) is 37.3 Å². The molecule has 1 N–H and O–H groups in total. The molecule has 1 unspecified atom stereocenters. The van der Waals surface area contributed by atoms with Gasteiger partial charge in [-0.05, 0) is 25.0 Å². The Morgan fingerprint density at radius 3 is 2.57 bits per heavy atom. The third kappa shape index (κ3) is 4.29. The highest BCUT2D eigenvalue weighted by atomic mass is 16.3. The topological polar surface area (TPSA) is 62.5 Å². The van der Waals surface area contributed by atoms with Gasteiger partial charge in [-0.15, -0.1) is 0 Å². The second-order valence-corrected chi connectivity index (χ2v) is 5.48. The molecular weight excluding hydrogens is 292 g/mol. The van der Waals surface area contributed by atoms with Crippen LogP contribution in [0.3, 0.4) is 0 Å². The minimum Gasteiger partial charge on any atom is -0.388 e. The van der Waals surface area contributed by atoms with Crippen molar-refractivity contribution in [1.29, 1.82) is 0 Å². The van der Waals surface area contributed by atoms with Crippen LogP contribution in [0.1, 0.15) is 35.4 Å². The second-order valence-electron chi connectivity index (χ2n) is 5.48. The summed E-state index contributed by atoms with van der Waals surface area (Å²) >= 11 is 0. The molecule has 0 spiro atoms. The highest BCUT2D eigenvalue weighted by Crippen LogP contribution is 2.16. The number of hydrogen-bond donors (Lipinski definition) is 1. The van der Waals surface area contributed by atoms with Crippen LogP contribution < -0.4 is 5.56 Å². The lowest BCUT2D eigenvalue weighted by Gasteiger charge is -2.19. The first-order chi connectivity index (χ1) is 11.0. The van der Waals surface area contributed by atoms with Gasteiger partial charge in [-0.2, -0.15) is 0 Å². The fourth-order valence-corrected chi connectivity index (χ4v) is 2.38. The minimum atomic E-state index is -0.612. The summed E-state index contributed by atoms with van der Waals surface area (Å²) in [6.45, 7) is 2.86. The van der Waals surface area contributed by atoms with Gasteiger partial charge in [-0.3, -0.25) is 9.59 Å². The SMILES string of the molecule is CCn1ccc(C(=O)N(C)CCC(O)c2ccccc2)cc1=O. The largest absolute Gasteiger partial charge is 0.388 e. The van der Waals surface area contributed by atoms with Gasteiger partial charge < -0.3 is 14.6 Å². The van der Waals surface area contributed by atoms with Gasteiger partial charge in [-0.1, -0.05) is 30.3 Å². The van der Waals surface area contributed by atoms with E-state index in [1.54, 1.807) is 19.3 Å². The summed E-state index contributed by atoms with van der Waals surface area (Å²) in [6, 6.07) is 12.4. The molecule has 2 aromatic rings. The monoisotopic (exact) mass is 314 g/mol. The highest BCUT2D eigenvalue weighted by Gasteiger charge is 2.15. The Morgan fingerprint density at radius 1 is 1.26 bits per heavy atom.